The Morgan fingerprint density at radius 2 is 1.23 bits per heavy atom. The molecule has 4 aromatic rings. The molecule has 3 aromatic carbocycles. The van der Waals surface area contributed by atoms with E-state index in [4.69, 9.17) is 8.37 Å². The van der Waals surface area contributed by atoms with Crippen LogP contribution in [0.2, 0.25) is 0 Å². The summed E-state index contributed by atoms with van der Waals surface area (Å²) in [6.07, 6.45) is 1.65. The first-order valence-corrected chi connectivity index (χ1v) is 13.7. The van der Waals surface area contributed by atoms with Crippen LogP contribution < -0.4 is 0 Å². The minimum absolute atomic E-state index is 0.0234. The molecule has 0 fully saturated rings. The number of nitrogens with zero attached hydrogens (tertiary/aromatic N) is 1. The maximum absolute atomic E-state index is 12.8. The van der Waals surface area contributed by atoms with Gasteiger partial charge in [-0.15, -0.1) is 0 Å². The topological polar surface area (TPSA) is 99.6 Å². The Bertz CT molecular complexity index is 1450. The summed E-state index contributed by atoms with van der Waals surface area (Å²) in [6.45, 7) is 3.09. The third-order valence-corrected chi connectivity index (χ3v) is 8.16. The number of benzene rings is 3. The molecule has 0 radical (unpaired) electrons. The Morgan fingerprint density at radius 3 is 1.74 bits per heavy atom. The van der Waals surface area contributed by atoms with E-state index in [-0.39, 0.29) is 23.0 Å². The molecule has 4 rings (SSSR count). The minimum Gasteiger partial charge on any atom is -0.266 e. The van der Waals surface area contributed by atoms with Crippen molar-refractivity contribution in [3.63, 3.8) is 0 Å². The monoisotopic (exact) mass is 511 g/mol. The second-order valence-corrected chi connectivity index (χ2v) is 11.5. The Hall–Kier alpha value is -3.11. The van der Waals surface area contributed by atoms with Crippen molar-refractivity contribution in [3.8, 4) is 0 Å². The number of hydrogen-bond donors (Lipinski definition) is 0. The van der Waals surface area contributed by atoms with E-state index in [2.05, 4.69) is 4.98 Å². The van der Waals surface area contributed by atoms with Gasteiger partial charge < -0.3 is 0 Å². The quantitative estimate of drug-likeness (QED) is 0.299. The summed E-state index contributed by atoms with van der Waals surface area (Å²) >= 11 is 0. The summed E-state index contributed by atoms with van der Waals surface area (Å²) < 4.78 is 61.7. The predicted octanol–water partition coefficient (Wildman–Crippen LogP) is 4.75. The largest absolute Gasteiger partial charge is 0.296 e. The number of rotatable bonds is 9. The molecule has 0 aliphatic heterocycles. The molecular formula is C26H25NO6S2. The molecule has 182 valence electrons. The third kappa shape index (κ3) is 6.12. The van der Waals surface area contributed by atoms with Crippen molar-refractivity contribution >= 4 is 31.1 Å². The van der Waals surface area contributed by atoms with Crippen molar-refractivity contribution in [2.75, 3.05) is 13.2 Å². The summed E-state index contributed by atoms with van der Waals surface area (Å²) in [4.78, 5) is 4.38. The highest BCUT2D eigenvalue weighted by molar-refractivity contribution is 7.87. The third-order valence-electron chi connectivity index (χ3n) is 5.57. The Balaban J connectivity index is 1.59. The number of fused-ring (bicyclic) bond motifs is 1. The first kappa shape index (κ1) is 25.0. The molecule has 0 aliphatic rings. The van der Waals surface area contributed by atoms with Crippen molar-refractivity contribution < 1.29 is 25.2 Å². The molecule has 0 amide bonds. The van der Waals surface area contributed by atoms with Gasteiger partial charge in [0, 0.05) is 17.5 Å². The van der Waals surface area contributed by atoms with Crippen LogP contribution in [-0.4, -0.2) is 35.0 Å². The summed E-state index contributed by atoms with van der Waals surface area (Å²) in [6, 6.07) is 21.7. The number of pyridine rings is 1. The first-order chi connectivity index (χ1) is 16.6. The van der Waals surface area contributed by atoms with Gasteiger partial charge in [0.05, 0.1) is 28.5 Å². The lowest BCUT2D eigenvalue weighted by Gasteiger charge is -2.18. The Kier molecular flexibility index (Phi) is 7.32. The van der Waals surface area contributed by atoms with Crippen LogP contribution in [0.25, 0.3) is 10.9 Å². The molecule has 1 heterocycles. The summed E-state index contributed by atoms with van der Waals surface area (Å²) in [5.74, 6) is -0.693. The summed E-state index contributed by atoms with van der Waals surface area (Å²) in [7, 11) is -8.11. The van der Waals surface area contributed by atoms with Crippen LogP contribution in [0, 0.1) is 13.8 Å². The van der Waals surface area contributed by atoms with Crippen LogP contribution >= 0.6 is 0 Å². The van der Waals surface area contributed by atoms with E-state index >= 15 is 0 Å². The molecule has 7 nitrogen and oxygen atoms in total. The van der Waals surface area contributed by atoms with Crippen LogP contribution in [0.3, 0.4) is 0 Å². The fourth-order valence-electron chi connectivity index (χ4n) is 3.47. The van der Waals surface area contributed by atoms with Gasteiger partial charge in [-0.25, -0.2) is 0 Å². The first-order valence-electron chi connectivity index (χ1n) is 10.9. The van der Waals surface area contributed by atoms with Gasteiger partial charge in [-0.3, -0.25) is 13.4 Å². The van der Waals surface area contributed by atoms with Crippen LogP contribution in [0.5, 0.6) is 0 Å². The highest BCUT2D eigenvalue weighted by atomic mass is 32.2. The van der Waals surface area contributed by atoms with Crippen molar-refractivity contribution in [1.29, 1.82) is 0 Å². The standard InChI is InChI=1S/C26H25NO6S2/c1-19-5-11-24(12-6-19)34(28,29)32-17-23(22-10-9-21-4-3-15-27-26(21)16-22)18-33-35(30,31)25-13-7-20(2)8-14-25/h3-16,23H,17-18H2,1-2H3. The van der Waals surface area contributed by atoms with Gasteiger partial charge >= 0.3 is 0 Å². The zero-order chi connectivity index (χ0) is 25.1. The molecule has 0 saturated carbocycles. The van der Waals surface area contributed by atoms with E-state index in [0.29, 0.717) is 11.1 Å². The second-order valence-electron chi connectivity index (χ2n) is 8.26. The van der Waals surface area contributed by atoms with E-state index < -0.39 is 26.2 Å². The van der Waals surface area contributed by atoms with E-state index in [9.17, 15) is 16.8 Å². The van der Waals surface area contributed by atoms with Gasteiger partial charge in [0.15, 0.2) is 0 Å². The molecule has 0 spiro atoms. The van der Waals surface area contributed by atoms with Crippen molar-refractivity contribution in [3.05, 3.63) is 102 Å². The average Bonchev–Trinajstić information content (AvgIpc) is 2.84. The molecule has 0 aliphatic carbocycles. The van der Waals surface area contributed by atoms with Crippen molar-refractivity contribution in [1.82, 2.24) is 4.98 Å². The maximum Gasteiger partial charge on any atom is 0.296 e. The van der Waals surface area contributed by atoms with E-state index in [1.807, 2.05) is 32.0 Å². The number of hydrogen-bond acceptors (Lipinski definition) is 7. The maximum atomic E-state index is 12.8. The Morgan fingerprint density at radius 1 is 0.714 bits per heavy atom. The van der Waals surface area contributed by atoms with Gasteiger partial charge in [-0.2, -0.15) is 16.8 Å². The van der Waals surface area contributed by atoms with Crippen LogP contribution in [-0.2, 0) is 28.6 Å². The number of aryl methyl sites for hydroxylation is 2. The van der Waals surface area contributed by atoms with Crippen LogP contribution in [0.1, 0.15) is 22.6 Å². The van der Waals surface area contributed by atoms with E-state index in [0.717, 1.165) is 16.5 Å². The minimum atomic E-state index is -4.05. The van der Waals surface area contributed by atoms with Gasteiger partial charge in [0.25, 0.3) is 20.2 Å². The zero-order valence-electron chi connectivity index (χ0n) is 19.3. The molecule has 35 heavy (non-hydrogen) atoms. The molecule has 1 aromatic heterocycles. The van der Waals surface area contributed by atoms with Crippen molar-refractivity contribution in [2.24, 2.45) is 0 Å². The van der Waals surface area contributed by atoms with E-state index in [1.165, 1.54) is 24.3 Å². The molecular weight excluding hydrogens is 486 g/mol. The van der Waals surface area contributed by atoms with Crippen molar-refractivity contribution in [2.45, 2.75) is 29.6 Å². The second kappa shape index (κ2) is 10.2. The lowest BCUT2D eigenvalue weighted by atomic mass is 9.99. The smallest absolute Gasteiger partial charge is 0.266 e. The molecule has 9 heteroatoms. The lowest BCUT2D eigenvalue weighted by molar-refractivity contribution is 0.226. The van der Waals surface area contributed by atoms with Gasteiger partial charge in [-0.1, -0.05) is 53.6 Å². The van der Waals surface area contributed by atoms with Crippen LogP contribution in [0.4, 0.5) is 0 Å². The Labute approximate surface area is 205 Å². The molecule has 0 bridgehead atoms. The molecule has 0 N–H and O–H groups in total. The molecule has 0 unspecified atom stereocenters. The summed E-state index contributed by atoms with van der Waals surface area (Å²) in [5, 5.41) is 0.899. The summed E-state index contributed by atoms with van der Waals surface area (Å²) in [5.41, 5.74) is 3.17. The molecule has 0 atom stereocenters. The normalized spacial score (nSPS) is 12.3. The van der Waals surface area contributed by atoms with E-state index in [1.54, 1.807) is 42.6 Å². The highest BCUT2D eigenvalue weighted by Crippen LogP contribution is 2.25. The van der Waals surface area contributed by atoms with Crippen LogP contribution in [0.15, 0.2) is 94.9 Å². The fraction of sp³-hybridized carbons (Fsp3) is 0.192. The SMILES string of the molecule is Cc1ccc(S(=O)(=O)OCC(COS(=O)(=O)c2ccc(C)cc2)c2ccc3cccnc3c2)cc1. The van der Waals surface area contributed by atoms with Gasteiger partial charge in [0.1, 0.15) is 0 Å². The highest BCUT2D eigenvalue weighted by Gasteiger charge is 2.24. The lowest BCUT2D eigenvalue weighted by Crippen LogP contribution is -2.20. The number of aromatic nitrogens is 1. The average molecular weight is 512 g/mol. The molecule has 0 saturated heterocycles. The van der Waals surface area contributed by atoms with Gasteiger partial charge in [0.2, 0.25) is 0 Å². The predicted molar refractivity (Wildman–Crippen MR) is 133 cm³/mol. The van der Waals surface area contributed by atoms with Gasteiger partial charge in [-0.05, 0) is 55.8 Å². The zero-order valence-corrected chi connectivity index (χ0v) is 20.9. The fourth-order valence-corrected chi connectivity index (χ4v) is 5.37.